The molecule has 3 heterocycles. The second-order valence-corrected chi connectivity index (χ2v) is 8.57. The number of aromatic nitrogens is 1. The van der Waals surface area contributed by atoms with E-state index in [9.17, 15) is 4.79 Å². The van der Waals surface area contributed by atoms with Crippen LogP contribution in [0.15, 0.2) is 89.5 Å². The molecule has 0 unspecified atom stereocenters. The summed E-state index contributed by atoms with van der Waals surface area (Å²) in [4.78, 5) is 18.3. The quantitative estimate of drug-likeness (QED) is 0.274. The first kappa shape index (κ1) is 22.1. The van der Waals surface area contributed by atoms with Crippen LogP contribution < -0.4 is 10.2 Å². The van der Waals surface area contributed by atoms with Gasteiger partial charge in [-0.3, -0.25) is 4.98 Å². The molecule has 0 radical (unpaired) electrons. The van der Waals surface area contributed by atoms with E-state index in [1.807, 2.05) is 71.6 Å². The Bertz CT molecular complexity index is 1320. The molecule has 0 amide bonds. The van der Waals surface area contributed by atoms with Gasteiger partial charge in [0.2, 0.25) is 0 Å². The predicted octanol–water partition coefficient (Wildman–Crippen LogP) is 5.96. The van der Waals surface area contributed by atoms with Crippen LogP contribution in [-0.2, 0) is 4.74 Å². The van der Waals surface area contributed by atoms with Crippen LogP contribution in [0.5, 0.6) is 0 Å². The second-order valence-electron chi connectivity index (χ2n) is 7.74. The molecule has 1 aliphatic rings. The molecule has 0 bridgehead atoms. The van der Waals surface area contributed by atoms with E-state index in [1.165, 1.54) is 7.11 Å². The average Bonchev–Trinajstić information content (AvgIpc) is 3.49. The zero-order valence-electron chi connectivity index (χ0n) is 18.1. The van der Waals surface area contributed by atoms with Gasteiger partial charge in [0.15, 0.2) is 5.11 Å². The van der Waals surface area contributed by atoms with Crippen molar-refractivity contribution in [1.29, 1.82) is 0 Å². The van der Waals surface area contributed by atoms with Crippen LogP contribution in [0.3, 0.4) is 0 Å². The highest BCUT2D eigenvalue weighted by molar-refractivity contribution is 7.80. The molecule has 0 saturated carbocycles. The molecule has 2 aromatic heterocycles. The second kappa shape index (κ2) is 9.29. The predicted molar refractivity (Wildman–Crippen MR) is 135 cm³/mol. The molecule has 0 aliphatic carbocycles. The molecule has 6 nitrogen and oxygen atoms in total. The topological polar surface area (TPSA) is 67.6 Å². The molecular formula is C26H20ClN3O3S. The van der Waals surface area contributed by atoms with Crippen molar-refractivity contribution in [3.05, 3.63) is 107 Å². The van der Waals surface area contributed by atoms with E-state index < -0.39 is 0 Å². The molecule has 1 saturated heterocycles. The Hall–Kier alpha value is -3.68. The number of carbonyl (C=O) groups excluding carboxylic acids is 1. The number of anilines is 1. The first-order valence-electron chi connectivity index (χ1n) is 10.6. The Balaban J connectivity index is 1.54. The number of nitrogens with zero attached hydrogens (tertiary/aromatic N) is 2. The lowest BCUT2D eigenvalue weighted by Gasteiger charge is -2.26. The Morgan fingerprint density at radius 2 is 1.82 bits per heavy atom. The van der Waals surface area contributed by atoms with E-state index in [1.54, 1.807) is 18.3 Å². The number of hydrogen-bond donors (Lipinski definition) is 1. The van der Waals surface area contributed by atoms with Crippen LogP contribution in [0.25, 0.3) is 11.3 Å². The summed E-state index contributed by atoms with van der Waals surface area (Å²) < 4.78 is 11.1. The van der Waals surface area contributed by atoms with Crippen molar-refractivity contribution in [2.24, 2.45) is 0 Å². The number of halogens is 1. The molecular weight excluding hydrogens is 470 g/mol. The fourth-order valence-corrected chi connectivity index (χ4v) is 4.55. The fraction of sp³-hybridized carbons (Fsp3) is 0.115. The Kier molecular flexibility index (Phi) is 6.04. The zero-order valence-corrected chi connectivity index (χ0v) is 19.7. The summed E-state index contributed by atoms with van der Waals surface area (Å²) in [6.45, 7) is 0. The lowest BCUT2D eigenvalue weighted by molar-refractivity contribution is 0.0600. The van der Waals surface area contributed by atoms with Gasteiger partial charge in [0.05, 0.1) is 24.4 Å². The van der Waals surface area contributed by atoms with Gasteiger partial charge in [-0.25, -0.2) is 4.79 Å². The minimum atomic E-state index is -0.381. The molecule has 1 fully saturated rings. The summed E-state index contributed by atoms with van der Waals surface area (Å²) >= 11 is 11.8. The van der Waals surface area contributed by atoms with Gasteiger partial charge in [0.1, 0.15) is 17.6 Å². The van der Waals surface area contributed by atoms with Gasteiger partial charge in [-0.15, -0.1) is 0 Å². The molecule has 5 rings (SSSR count). The molecule has 0 spiro atoms. The number of rotatable bonds is 5. The maximum Gasteiger partial charge on any atom is 0.337 e. The number of esters is 1. The Morgan fingerprint density at radius 1 is 1.06 bits per heavy atom. The van der Waals surface area contributed by atoms with E-state index in [4.69, 9.17) is 33.0 Å². The fourth-order valence-electron chi connectivity index (χ4n) is 4.08. The number of carbonyl (C=O) groups is 1. The molecule has 1 aliphatic heterocycles. The third-order valence-corrected chi connectivity index (χ3v) is 6.28. The Labute approximate surface area is 207 Å². The highest BCUT2D eigenvalue weighted by Crippen LogP contribution is 2.43. The van der Waals surface area contributed by atoms with Crippen LogP contribution >= 0.6 is 23.8 Å². The van der Waals surface area contributed by atoms with Crippen molar-refractivity contribution in [2.75, 3.05) is 12.0 Å². The largest absolute Gasteiger partial charge is 0.465 e. The van der Waals surface area contributed by atoms with Crippen molar-refractivity contribution in [1.82, 2.24) is 10.3 Å². The van der Waals surface area contributed by atoms with E-state index in [-0.39, 0.29) is 18.1 Å². The minimum Gasteiger partial charge on any atom is -0.465 e. The minimum absolute atomic E-state index is 0.218. The lowest BCUT2D eigenvalue weighted by Crippen LogP contribution is -2.29. The van der Waals surface area contributed by atoms with Crippen LogP contribution in [0.2, 0.25) is 5.02 Å². The van der Waals surface area contributed by atoms with Crippen molar-refractivity contribution < 1.29 is 13.9 Å². The van der Waals surface area contributed by atoms with Crippen molar-refractivity contribution >= 4 is 40.6 Å². The van der Waals surface area contributed by atoms with E-state index in [2.05, 4.69) is 10.3 Å². The molecule has 1 N–H and O–H groups in total. The van der Waals surface area contributed by atoms with Crippen LogP contribution in [-0.4, -0.2) is 23.2 Å². The van der Waals surface area contributed by atoms with Gasteiger partial charge in [0.25, 0.3) is 0 Å². The maximum absolute atomic E-state index is 11.7. The number of ether oxygens (including phenoxy) is 1. The van der Waals surface area contributed by atoms with E-state index in [0.29, 0.717) is 21.5 Å². The van der Waals surface area contributed by atoms with Crippen LogP contribution in [0.1, 0.15) is 33.9 Å². The van der Waals surface area contributed by atoms with E-state index in [0.717, 1.165) is 22.7 Å². The normalized spacial score (nSPS) is 17.5. The van der Waals surface area contributed by atoms with Crippen LogP contribution in [0, 0.1) is 0 Å². The lowest BCUT2D eigenvalue weighted by atomic mass is 10.0. The smallest absolute Gasteiger partial charge is 0.337 e. The molecule has 34 heavy (non-hydrogen) atoms. The maximum atomic E-state index is 11.7. The number of benzene rings is 2. The highest BCUT2D eigenvalue weighted by atomic mass is 35.5. The van der Waals surface area contributed by atoms with Crippen molar-refractivity contribution in [3.8, 4) is 11.3 Å². The number of pyridine rings is 1. The molecule has 2 aromatic carbocycles. The third-order valence-electron chi connectivity index (χ3n) is 5.71. The molecule has 2 atom stereocenters. The van der Waals surface area contributed by atoms with E-state index >= 15 is 0 Å². The third kappa shape index (κ3) is 4.16. The summed E-state index contributed by atoms with van der Waals surface area (Å²) in [5, 5.41) is 4.63. The Morgan fingerprint density at radius 3 is 2.50 bits per heavy atom. The monoisotopic (exact) mass is 489 g/mol. The first-order valence-corrected chi connectivity index (χ1v) is 11.4. The summed E-state index contributed by atoms with van der Waals surface area (Å²) in [7, 11) is 1.36. The van der Waals surface area contributed by atoms with Gasteiger partial charge < -0.3 is 19.4 Å². The zero-order chi connectivity index (χ0) is 23.7. The number of furan rings is 1. The van der Waals surface area contributed by atoms with Gasteiger partial charge in [-0.05, 0) is 72.9 Å². The summed E-state index contributed by atoms with van der Waals surface area (Å²) in [6.07, 6.45) is 1.76. The standard InChI is InChI=1S/C26H20ClN3O3S/c1-32-25(31)17-7-5-16(6-8-17)21-13-14-22(33-21)24-23(20-4-2-3-15-28-20)29-26(34)30(24)19-11-9-18(27)10-12-19/h2-15,23-24H,1H3,(H,29,34)/t23-,24+/m0/s1. The number of hydrogen-bond acceptors (Lipinski definition) is 5. The highest BCUT2D eigenvalue weighted by Gasteiger charge is 2.42. The van der Waals surface area contributed by atoms with Crippen LogP contribution in [0.4, 0.5) is 5.69 Å². The number of thiocarbonyl (C=S) groups is 1. The molecule has 170 valence electrons. The van der Waals surface area contributed by atoms with Gasteiger partial charge in [0, 0.05) is 22.5 Å². The van der Waals surface area contributed by atoms with Crippen molar-refractivity contribution in [2.45, 2.75) is 12.1 Å². The summed E-state index contributed by atoms with van der Waals surface area (Å²) in [5.74, 6) is 1.03. The SMILES string of the molecule is COC(=O)c1ccc(-c2ccc([C@@H]3[C@H](c4ccccn4)NC(=S)N3c3ccc(Cl)cc3)o2)cc1. The van der Waals surface area contributed by atoms with Gasteiger partial charge in [-0.1, -0.05) is 29.8 Å². The molecule has 4 aromatic rings. The summed E-state index contributed by atoms with van der Waals surface area (Å²) in [6, 6.07) is 23.8. The number of methoxy groups -OCH3 is 1. The summed E-state index contributed by atoms with van der Waals surface area (Å²) in [5.41, 5.74) is 3.07. The van der Waals surface area contributed by atoms with Gasteiger partial charge in [-0.2, -0.15) is 0 Å². The van der Waals surface area contributed by atoms with Gasteiger partial charge >= 0.3 is 5.97 Å². The number of nitrogens with one attached hydrogen (secondary N) is 1. The average molecular weight is 490 g/mol. The molecule has 8 heteroatoms. The van der Waals surface area contributed by atoms with Crippen molar-refractivity contribution in [3.63, 3.8) is 0 Å². The first-order chi connectivity index (χ1) is 16.5.